The largest absolute Gasteiger partial charge is 0.459 e. The van der Waals surface area contributed by atoms with Gasteiger partial charge >= 0.3 is 23.9 Å². The maximum Gasteiger partial charge on any atom is 0.338 e. The van der Waals surface area contributed by atoms with E-state index in [2.05, 4.69) is 17.9 Å². The molecule has 8 nitrogen and oxygen atoms in total. The summed E-state index contributed by atoms with van der Waals surface area (Å²) in [4.78, 5) is 45.7. The lowest BCUT2D eigenvalue weighted by Gasteiger charge is -2.09. The van der Waals surface area contributed by atoms with Gasteiger partial charge in [-0.3, -0.25) is 0 Å². The Morgan fingerprint density at radius 3 is 1.78 bits per heavy atom. The van der Waals surface area contributed by atoms with Gasteiger partial charge in [0.1, 0.15) is 26.4 Å². The lowest BCUT2D eigenvalue weighted by molar-refractivity contribution is -0.139. The normalized spacial score (nSPS) is 9.67. The Morgan fingerprint density at radius 2 is 1.30 bits per heavy atom. The average molecular weight is 376 g/mol. The van der Waals surface area contributed by atoms with Gasteiger partial charge in [0.05, 0.1) is 11.1 Å². The van der Waals surface area contributed by atoms with Crippen molar-refractivity contribution in [3.05, 3.63) is 60.2 Å². The smallest absolute Gasteiger partial charge is 0.338 e. The van der Waals surface area contributed by atoms with Crippen molar-refractivity contribution in [1.29, 1.82) is 0 Å². The Balaban J connectivity index is 2.52. The van der Waals surface area contributed by atoms with Gasteiger partial charge in [-0.2, -0.15) is 0 Å². The molecule has 0 aliphatic rings. The fourth-order valence-corrected chi connectivity index (χ4v) is 1.85. The maximum atomic E-state index is 12.0. The van der Waals surface area contributed by atoms with Crippen molar-refractivity contribution < 1.29 is 38.1 Å². The highest BCUT2D eigenvalue weighted by Crippen LogP contribution is 2.13. The lowest BCUT2D eigenvalue weighted by atomic mass is 10.1. The van der Waals surface area contributed by atoms with Crippen molar-refractivity contribution in [2.24, 2.45) is 0 Å². The van der Waals surface area contributed by atoms with Crippen LogP contribution in [0.15, 0.2) is 43.5 Å². The summed E-state index contributed by atoms with van der Waals surface area (Å²) in [6.45, 7) is 7.74. The highest BCUT2D eigenvalue weighted by molar-refractivity contribution is 5.94. The van der Waals surface area contributed by atoms with E-state index in [4.69, 9.17) is 14.2 Å². The van der Waals surface area contributed by atoms with Gasteiger partial charge in [0.15, 0.2) is 0 Å². The molecule has 1 aromatic carbocycles. The molecule has 0 bridgehead atoms. The van der Waals surface area contributed by atoms with Crippen LogP contribution in [0.3, 0.4) is 0 Å². The van der Waals surface area contributed by atoms with E-state index in [0.29, 0.717) is 5.56 Å². The first kappa shape index (κ1) is 21.6. The summed E-state index contributed by atoms with van der Waals surface area (Å²) in [5.74, 6) is -2.45. The number of esters is 4. The maximum absolute atomic E-state index is 12.0. The minimum atomic E-state index is -0.621. The molecule has 0 N–H and O–H groups in total. The van der Waals surface area contributed by atoms with Crippen molar-refractivity contribution in [3.63, 3.8) is 0 Å². The fraction of sp³-hybridized carbons (Fsp3) is 0.263. The molecule has 0 atom stereocenters. The van der Waals surface area contributed by atoms with Gasteiger partial charge in [-0.15, -0.1) is 0 Å². The van der Waals surface area contributed by atoms with Crippen LogP contribution in [0.2, 0.25) is 0 Å². The molecule has 8 heteroatoms. The highest BCUT2D eigenvalue weighted by Gasteiger charge is 2.14. The third kappa shape index (κ3) is 7.55. The lowest BCUT2D eigenvalue weighted by Crippen LogP contribution is -2.15. The van der Waals surface area contributed by atoms with Crippen LogP contribution in [0.25, 0.3) is 0 Å². The number of aryl methyl sites for hydroxylation is 1. The average Bonchev–Trinajstić information content (AvgIpc) is 2.67. The first-order valence-corrected chi connectivity index (χ1v) is 7.92. The highest BCUT2D eigenvalue weighted by atomic mass is 16.6. The van der Waals surface area contributed by atoms with Crippen molar-refractivity contribution in [2.45, 2.75) is 6.92 Å². The topological polar surface area (TPSA) is 105 Å². The fourth-order valence-electron chi connectivity index (χ4n) is 1.85. The molecule has 0 aliphatic carbocycles. The van der Waals surface area contributed by atoms with Crippen LogP contribution < -0.4 is 0 Å². The molecule has 144 valence electrons. The first-order chi connectivity index (χ1) is 12.9. The van der Waals surface area contributed by atoms with Crippen LogP contribution in [0, 0.1) is 6.92 Å². The third-order valence-electron chi connectivity index (χ3n) is 3.14. The summed E-state index contributed by atoms with van der Waals surface area (Å²) in [5, 5.41) is 0. The van der Waals surface area contributed by atoms with Crippen molar-refractivity contribution in [3.8, 4) is 0 Å². The quantitative estimate of drug-likeness (QED) is 0.263. The predicted octanol–water partition coefficient (Wildman–Crippen LogP) is 1.77. The molecular formula is C19H20O8. The molecule has 27 heavy (non-hydrogen) atoms. The van der Waals surface area contributed by atoms with E-state index in [1.807, 2.05) is 0 Å². The zero-order valence-corrected chi connectivity index (χ0v) is 14.9. The van der Waals surface area contributed by atoms with Gasteiger partial charge < -0.3 is 18.9 Å². The van der Waals surface area contributed by atoms with Gasteiger partial charge in [0.25, 0.3) is 0 Å². The molecule has 0 spiro atoms. The summed E-state index contributed by atoms with van der Waals surface area (Å²) in [6, 6.07) is 4.33. The van der Waals surface area contributed by atoms with E-state index in [0.717, 1.165) is 12.2 Å². The molecule has 0 unspecified atom stereocenters. The summed E-state index contributed by atoms with van der Waals surface area (Å²) >= 11 is 0. The number of carbonyl (C=O) groups is 4. The standard InChI is InChI=1S/C19H20O8/c1-4-16(20)24-8-10-26-18(22)14-6-7-15(13(3)12-14)19(23)27-11-9-25-17(21)5-2/h4-7,12H,1-2,8-11H2,3H3. The van der Waals surface area contributed by atoms with E-state index in [1.54, 1.807) is 6.92 Å². The van der Waals surface area contributed by atoms with E-state index >= 15 is 0 Å². The van der Waals surface area contributed by atoms with Crippen LogP contribution >= 0.6 is 0 Å². The van der Waals surface area contributed by atoms with Crippen LogP contribution in [-0.2, 0) is 28.5 Å². The molecule has 0 amide bonds. The van der Waals surface area contributed by atoms with Gasteiger partial charge in [-0.05, 0) is 30.7 Å². The molecular weight excluding hydrogens is 356 g/mol. The number of hydrogen-bond donors (Lipinski definition) is 0. The second kappa shape index (κ2) is 11.2. The Labute approximate surface area is 156 Å². The van der Waals surface area contributed by atoms with Gasteiger partial charge in [0.2, 0.25) is 0 Å². The van der Waals surface area contributed by atoms with E-state index < -0.39 is 23.9 Å². The Hall–Kier alpha value is -3.42. The van der Waals surface area contributed by atoms with Gasteiger partial charge in [-0.25, -0.2) is 19.2 Å². The first-order valence-electron chi connectivity index (χ1n) is 7.92. The molecule has 0 saturated carbocycles. The zero-order chi connectivity index (χ0) is 20.2. The summed E-state index contributed by atoms with van der Waals surface area (Å²) < 4.78 is 19.3. The summed E-state index contributed by atoms with van der Waals surface area (Å²) in [5.41, 5.74) is 1.01. The zero-order valence-electron chi connectivity index (χ0n) is 14.9. The molecule has 1 aromatic rings. The van der Waals surface area contributed by atoms with Crippen molar-refractivity contribution >= 4 is 23.9 Å². The minimum Gasteiger partial charge on any atom is -0.459 e. The monoisotopic (exact) mass is 376 g/mol. The minimum absolute atomic E-state index is 0.0868. The van der Waals surface area contributed by atoms with Crippen LogP contribution in [0.1, 0.15) is 26.3 Å². The van der Waals surface area contributed by atoms with Crippen molar-refractivity contribution in [2.75, 3.05) is 26.4 Å². The van der Waals surface area contributed by atoms with E-state index in [9.17, 15) is 19.2 Å². The molecule has 0 saturated heterocycles. The number of rotatable bonds is 10. The van der Waals surface area contributed by atoms with E-state index in [-0.39, 0.29) is 37.6 Å². The van der Waals surface area contributed by atoms with Gasteiger partial charge in [0, 0.05) is 12.2 Å². The second-order valence-corrected chi connectivity index (χ2v) is 5.04. The van der Waals surface area contributed by atoms with E-state index in [1.165, 1.54) is 18.2 Å². The Kier molecular flexibility index (Phi) is 9.01. The summed E-state index contributed by atoms with van der Waals surface area (Å²) in [6.07, 6.45) is 2.01. The number of carbonyl (C=O) groups excluding carboxylic acids is 4. The molecule has 0 aromatic heterocycles. The molecule has 0 aliphatic heterocycles. The Bertz CT molecular complexity index is 735. The molecule has 0 fully saturated rings. The van der Waals surface area contributed by atoms with Crippen molar-refractivity contribution in [1.82, 2.24) is 0 Å². The number of benzene rings is 1. The third-order valence-corrected chi connectivity index (χ3v) is 3.14. The van der Waals surface area contributed by atoms with Gasteiger partial charge in [-0.1, -0.05) is 13.2 Å². The van der Waals surface area contributed by atoms with Crippen LogP contribution in [0.4, 0.5) is 0 Å². The number of hydrogen-bond acceptors (Lipinski definition) is 8. The second-order valence-electron chi connectivity index (χ2n) is 5.04. The molecule has 0 heterocycles. The Morgan fingerprint density at radius 1 is 0.815 bits per heavy atom. The SMILES string of the molecule is C=CC(=O)OCCOC(=O)c1ccc(C(=O)OCCOC(=O)C=C)c(C)c1. The number of ether oxygens (including phenoxy) is 4. The molecule has 1 rings (SSSR count). The predicted molar refractivity (Wildman–Crippen MR) is 94.1 cm³/mol. The summed E-state index contributed by atoms with van der Waals surface area (Å²) in [7, 11) is 0. The van der Waals surface area contributed by atoms with Crippen LogP contribution in [-0.4, -0.2) is 50.3 Å². The van der Waals surface area contributed by atoms with Crippen LogP contribution in [0.5, 0.6) is 0 Å². The molecule has 0 radical (unpaired) electrons.